The molecule has 1 N–H and O–H groups in total. The van der Waals surface area contributed by atoms with E-state index in [-0.39, 0.29) is 11.7 Å². The molecule has 0 bridgehead atoms. The van der Waals surface area contributed by atoms with Gasteiger partial charge in [0.2, 0.25) is 0 Å². The molecule has 0 aliphatic heterocycles. The van der Waals surface area contributed by atoms with Gasteiger partial charge < -0.3 is 5.11 Å². The van der Waals surface area contributed by atoms with Crippen LogP contribution >= 0.6 is 11.6 Å². The van der Waals surface area contributed by atoms with Crippen molar-refractivity contribution in [1.82, 2.24) is 0 Å². The van der Waals surface area contributed by atoms with Gasteiger partial charge in [0.1, 0.15) is 5.75 Å². The van der Waals surface area contributed by atoms with Crippen LogP contribution < -0.4 is 0 Å². The van der Waals surface area contributed by atoms with Gasteiger partial charge in [0.15, 0.2) is 5.13 Å². The highest BCUT2D eigenvalue weighted by Crippen LogP contribution is 2.59. The van der Waals surface area contributed by atoms with Crippen LogP contribution in [0.25, 0.3) is 0 Å². The van der Waals surface area contributed by atoms with Crippen molar-refractivity contribution in [1.29, 1.82) is 0 Å². The Kier molecular flexibility index (Phi) is 1.55. The first-order valence-electron chi connectivity index (χ1n) is 3.77. The number of phenolic OH excluding ortho intramolecular Hbond substituents is 1. The fraction of sp³-hybridized carbons (Fsp3) is 0.333. The average molecular weight is 187 g/mol. The van der Waals surface area contributed by atoms with E-state index in [9.17, 15) is 9.50 Å². The van der Waals surface area contributed by atoms with Crippen LogP contribution in [0.1, 0.15) is 17.9 Å². The smallest absolute Gasteiger partial charge is 0.191 e. The van der Waals surface area contributed by atoms with E-state index in [0.717, 1.165) is 0 Å². The molecule has 1 aromatic rings. The lowest BCUT2D eigenvalue weighted by Crippen LogP contribution is -1.91. The van der Waals surface area contributed by atoms with Crippen LogP contribution in [0, 0.1) is 0 Å². The Hall–Kier alpha value is -0.760. The molecule has 2 rings (SSSR count). The minimum absolute atomic E-state index is 0.127. The quantitative estimate of drug-likeness (QED) is 0.669. The van der Waals surface area contributed by atoms with Crippen LogP contribution in [0.3, 0.4) is 0 Å². The monoisotopic (exact) mass is 186 g/mol. The molecule has 1 aromatic carbocycles. The van der Waals surface area contributed by atoms with E-state index < -0.39 is 5.13 Å². The largest absolute Gasteiger partial charge is 0.508 e. The lowest BCUT2D eigenvalue weighted by Gasteiger charge is -2.01. The molecule has 1 fully saturated rings. The van der Waals surface area contributed by atoms with Crippen molar-refractivity contribution in [2.24, 2.45) is 0 Å². The minimum atomic E-state index is -1.63. The first kappa shape index (κ1) is 7.87. The summed E-state index contributed by atoms with van der Waals surface area (Å²) in [6, 6.07) is 6.71. The van der Waals surface area contributed by atoms with Gasteiger partial charge >= 0.3 is 0 Å². The summed E-state index contributed by atoms with van der Waals surface area (Å²) < 4.78 is 13.0. The Labute approximate surface area is 74.8 Å². The number of alkyl halides is 2. The number of aromatic hydroxyl groups is 1. The molecular weight excluding hydrogens is 179 g/mol. The molecule has 0 saturated heterocycles. The summed E-state index contributed by atoms with van der Waals surface area (Å²) in [4.78, 5) is 0. The van der Waals surface area contributed by atoms with Crippen LogP contribution in [-0.4, -0.2) is 10.2 Å². The molecule has 1 aliphatic rings. The number of para-hydroxylation sites is 1. The Bertz CT molecular complexity index is 311. The predicted molar refractivity (Wildman–Crippen MR) is 45.2 cm³/mol. The maximum atomic E-state index is 13.0. The highest BCUT2D eigenvalue weighted by atomic mass is 35.5. The van der Waals surface area contributed by atoms with Gasteiger partial charge in [-0.05, 0) is 6.07 Å². The third kappa shape index (κ3) is 1.16. The molecule has 0 spiro atoms. The molecule has 64 valence electrons. The minimum Gasteiger partial charge on any atom is -0.508 e. The first-order valence-corrected chi connectivity index (χ1v) is 4.15. The van der Waals surface area contributed by atoms with Gasteiger partial charge in [-0.15, -0.1) is 0 Å². The fourth-order valence-corrected chi connectivity index (χ4v) is 1.60. The Morgan fingerprint density at radius 3 is 2.58 bits per heavy atom. The van der Waals surface area contributed by atoms with Crippen molar-refractivity contribution in [3.05, 3.63) is 29.8 Å². The zero-order valence-corrected chi connectivity index (χ0v) is 7.05. The van der Waals surface area contributed by atoms with Gasteiger partial charge in [0, 0.05) is 17.9 Å². The number of rotatable bonds is 1. The molecule has 1 nitrogen and oxygen atoms in total. The van der Waals surface area contributed by atoms with E-state index >= 15 is 0 Å². The zero-order chi connectivity index (χ0) is 8.77. The van der Waals surface area contributed by atoms with Crippen molar-refractivity contribution >= 4 is 11.6 Å². The predicted octanol–water partition coefficient (Wildman–Crippen LogP) is 2.78. The summed E-state index contributed by atoms with van der Waals surface area (Å²) in [5.41, 5.74) is 0.606. The van der Waals surface area contributed by atoms with E-state index in [1.807, 2.05) is 0 Å². The molecule has 0 amide bonds. The van der Waals surface area contributed by atoms with Crippen molar-refractivity contribution in [2.45, 2.75) is 17.5 Å². The molecule has 1 saturated carbocycles. The summed E-state index contributed by atoms with van der Waals surface area (Å²) in [5.74, 6) is -0.206. The highest BCUT2D eigenvalue weighted by Gasteiger charge is 2.55. The lowest BCUT2D eigenvalue weighted by atomic mass is 10.1. The van der Waals surface area contributed by atoms with Gasteiger partial charge in [-0.1, -0.05) is 29.8 Å². The molecule has 2 unspecified atom stereocenters. The maximum absolute atomic E-state index is 13.0. The van der Waals surface area contributed by atoms with Gasteiger partial charge in [-0.3, -0.25) is 0 Å². The molecule has 12 heavy (non-hydrogen) atoms. The third-order valence-corrected chi connectivity index (χ3v) is 2.56. The summed E-state index contributed by atoms with van der Waals surface area (Å²) in [5, 5.41) is 7.70. The normalized spacial score (nSPS) is 33.3. The van der Waals surface area contributed by atoms with Crippen LogP contribution in [0.4, 0.5) is 4.39 Å². The lowest BCUT2D eigenvalue weighted by molar-refractivity contribution is 0.410. The number of hydrogen-bond acceptors (Lipinski definition) is 1. The van der Waals surface area contributed by atoms with E-state index in [1.165, 1.54) is 0 Å². The maximum Gasteiger partial charge on any atom is 0.191 e. The zero-order valence-electron chi connectivity index (χ0n) is 6.30. The Balaban J connectivity index is 2.31. The number of phenols is 1. The number of halogens is 2. The summed E-state index contributed by atoms with van der Waals surface area (Å²) in [7, 11) is 0. The number of hydrogen-bond donors (Lipinski definition) is 1. The van der Waals surface area contributed by atoms with Crippen LogP contribution in [-0.2, 0) is 0 Å². The van der Waals surface area contributed by atoms with Gasteiger partial charge in [-0.2, -0.15) is 0 Å². The van der Waals surface area contributed by atoms with Crippen LogP contribution in [0.15, 0.2) is 24.3 Å². The second-order valence-corrected chi connectivity index (χ2v) is 3.70. The van der Waals surface area contributed by atoms with Crippen LogP contribution in [0.2, 0.25) is 0 Å². The summed E-state index contributed by atoms with van der Waals surface area (Å²) in [6.07, 6.45) is 0.298. The SMILES string of the molecule is Oc1ccccc1C1CC1(F)Cl. The second kappa shape index (κ2) is 2.36. The first-order chi connectivity index (χ1) is 5.61. The molecule has 0 radical (unpaired) electrons. The fourth-order valence-electron chi connectivity index (χ4n) is 1.33. The highest BCUT2D eigenvalue weighted by molar-refractivity contribution is 6.25. The topological polar surface area (TPSA) is 20.2 Å². The van der Waals surface area contributed by atoms with Gasteiger partial charge in [0.25, 0.3) is 0 Å². The molecule has 0 heterocycles. The molecular formula is C9H8ClFO. The second-order valence-electron chi connectivity index (χ2n) is 3.08. The van der Waals surface area contributed by atoms with Gasteiger partial charge in [-0.25, -0.2) is 4.39 Å². The van der Waals surface area contributed by atoms with E-state index in [1.54, 1.807) is 24.3 Å². The molecule has 2 atom stereocenters. The van der Waals surface area contributed by atoms with Crippen LogP contribution in [0.5, 0.6) is 5.75 Å². The Morgan fingerprint density at radius 2 is 2.08 bits per heavy atom. The molecule has 1 aliphatic carbocycles. The van der Waals surface area contributed by atoms with Crippen molar-refractivity contribution < 1.29 is 9.50 Å². The Morgan fingerprint density at radius 1 is 1.50 bits per heavy atom. The average Bonchev–Trinajstić information content (AvgIpc) is 2.61. The van der Waals surface area contributed by atoms with Crippen molar-refractivity contribution in [2.75, 3.05) is 0 Å². The standard InChI is InChI=1S/C9H8ClFO/c10-9(11)5-7(9)6-3-1-2-4-8(6)12/h1-4,7,12H,5H2. The molecule has 3 heteroatoms. The van der Waals surface area contributed by atoms with Gasteiger partial charge in [0.05, 0.1) is 0 Å². The van der Waals surface area contributed by atoms with E-state index in [2.05, 4.69) is 0 Å². The summed E-state index contributed by atoms with van der Waals surface area (Å²) in [6.45, 7) is 0. The van der Waals surface area contributed by atoms with Crippen molar-refractivity contribution in [3.8, 4) is 5.75 Å². The number of benzene rings is 1. The van der Waals surface area contributed by atoms with E-state index in [0.29, 0.717) is 12.0 Å². The molecule has 0 aromatic heterocycles. The van der Waals surface area contributed by atoms with E-state index in [4.69, 9.17) is 11.6 Å². The third-order valence-electron chi connectivity index (χ3n) is 2.14. The summed E-state index contributed by atoms with van der Waals surface area (Å²) >= 11 is 5.44. The van der Waals surface area contributed by atoms with Crippen molar-refractivity contribution in [3.63, 3.8) is 0 Å².